The number of rotatable bonds is 6. The lowest BCUT2D eigenvalue weighted by atomic mass is 10.1. The van der Waals surface area contributed by atoms with Crippen LogP contribution in [0.2, 0.25) is 0 Å². The Kier molecular flexibility index (Phi) is 6.64. The van der Waals surface area contributed by atoms with Gasteiger partial charge in [0, 0.05) is 37.5 Å². The molecule has 0 N–H and O–H groups in total. The topological polar surface area (TPSA) is 124 Å². The molecule has 3 aromatic rings. The molecule has 2 heterocycles. The maximum atomic E-state index is 13.0. The third-order valence-corrected chi connectivity index (χ3v) is 7.51. The predicted octanol–water partition coefficient (Wildman–Crippen LogP) is 2.78. The molecule has 12 heteroatoms. The number of fused-ring (bicyclic) bond motifs is 1. The lowest BCUT2D eigenvalue weighted by molar-refractivity contribution is -0.384. The van der Waals surface area contributed by atoms with Crippen molar-refractivity contribution in [1.29, 1.82) is 0 Å². The number of nitrogens with zero attached hydrogens (tertiary/aromatic N) is 4. The van der Waals surface area contributed by atoms with E-state index in [1.54, 1.807) is 28.8 Å². The minimum absolute atomic E-state index is 0.0862. The normalized spacial score (nSPS) is 15.0. The number of allylic oxidation sites excluding steroid dienone is 1. The van der Waals surface area contributed by atoms with Gasteiger partial charge in [-0.15, -0.1) is 6.58 Å². The zero-order chi connectivity index (χ0) is 24.5. The molecule has 0 aliphatic carbocycles. The lowest BCUT2D eigenvalue weighted by Gasteiger charge is -2.28. The monoisotopic (exact) mass is 502 g/mol. The Hall–Kier alpha value is -3.35. The first-order chi connectivity index (χ1) is 16.2. The van der Waals surface area contributed by atoms with E-state index in [0.717, 1.165) is 17.6 Å². The fourth-order valence-corrected chi connectivity index (χ4v) is 5.50. The van der Waals surface area contributed by atoms with Crippen LogP contribution in [0.25, 0.3) is 10.2 Å². The summed E-state index contributed by atoms with van der Waals surface area (Å²) in [5, 5.41) is 11.7. The number of aromatic nitrogens is 1. The van der Waals surface area contributed by atoms with Gasteiger partial charge in [0.1, 0.15) is 5.69 Å². The minimum atomic E-state index is -3.40. The number of morpholine rings is 1. The SMILES string of the molecule is C=CCn1c(=NC(=O)c2ccc(N3CCOCC3)c([N+](=O)[O-])c2)sc2cc(S(C)(=O)=O)ccc21. The molecule has 178 valence electrons. The zero-order valence-corrected chi connectivity index (χ0v) is 20.0. The van der Waals surface area contributed by atoms with Crippen LogP contribution in [-0.4, -0.2) is 56.4 Å². The van der Waals surface area contributed by atoms with Crippen LogP contribution in [0.4, 0.5) is 11.4 Å². The number of hydrogen-bond donors (Lipinski definition) is 0. The van der Waals surface area contributed by atoms with Crippen molar-refractivity contribution < 1.29 is 22.9 Å². The van der Waals surface area contributed by atoms with Gasteiger partial charge in [-0.25, -0.2) is 8.42 Å². The molecule has 0 bridgehead atoms. The molecule has 4 rings (SSSR count). The highest BCUT2D eigenvalue weighted by Crippen LogP contribution is 2.30. The summed E-state index contributed by atoms with van der Waals surface area (Å²) >= 11 is 1.16. The van der Waals surface area contributed by atoms with Gasteiger partial charge in [0.15, 0.2) is 14.6 Å². The van der Waals surface area contributed by atoms with Gasteiger partial charge in [-0.2, -0.15) is 4.99 Å². The molecular formula is C22H22N4O6S2. The highest BCUT2D eigenvalue weighted by molar-refractivity contribution is 7.90. The number of anilines is 1. The summed E-state index contributed by atoms with van der Waals surface area (Å²) in [4.78, 5) is 30.8. The smallest absolute Gasteiger partial charge is 0.293 e. The van der Waals surface area contributed by atoms with Gasteiger partial charge in [0.2, 0.25) is 0 Å². The second kappa shape index (κ2) is 9.49. The molecule has 1 fully saturated rings. The second-order valence-electron chi connectivity index (χ2n) is 7.66. The highest BCUT2D eigenvalue weighted by atomic mass is 32.2. The molecule has 0 spiro atoms. The standard InChI is InChI=1S/C22H22N4O6S2/c1-3-8-25-18-7-5-16(34(2,30)31)14-20(18)33-22(25)23-21(27)15-4-6-17(19(13-15)26(28)29)24-9-11-32-12-10-24/h3-7,13-14H,1,8-12H2,2H3. The minimum Gasteiger partial charge on any atom is -0.378 e. The van der Waals surface area contributed by atoms with Crippen LogP contribution >= 0.6 is 11.3 Å². The third kappa shape index (κ3) is 4.79. The van der Waals surface area contributed by atoms with E-state index in [1.165, 1.54) is 18.2 Å². The van der Waals surface area contributed by atoms with Gasteiger partial charge in [0.25, 0.3) is 11.6 Å². The number of amides is 1. The van der Waals surface area contributed by atoms with E-state index < -0.39 is 20.7 Å². The largest absolute Gasteiger partial charge is 0.378 e. The Morgan fingerprint density at radius 1 is 1.26 bits per heavy atom. The fourth-order valence-electron chi connectivity index (χ4n) is 3.70. The van der Waals surface area contributed by atoms with Crippen LogP contribution in [0.1, 0.15) is 10.4 Å². The summed E-state index contributed by atoms with van der Waals surface area (Å²) in [5.41, 5.74) is 1.05. The van der Waals surface area contributed by atoms with E-state index in [9.17, 15) is 23.3 Å². The molecule has 1 aromatic heterocycles. The molecule has 0 radical (unpaired) electrons. The molecular weight excluding hydrogens is 480 g/mol. The summed E-state index contributed by atoms with van der Waals surface area (Å²) in [6.45, 7) is 6.08. The summed E-state index contributed by atoms with van der Waals surface area (Å²) in [6, 6.07) is 9.04. The fraction of sp³-hybridized carbons (Fsp3) is 0.273. The first-order valence-electron chi connectivity index (χ1n) is 10.3. The number of thiazole rings is 1. The van der Waals surface area contributed by atoms with Crippen molar-refractivity contribution >= 4 is 48.7 Å². The Labute approximate surface area is 199 Å². The number of ether oxygens (including phenoxy) is 1. The van der Waals surface area contributed by atoms with Gasteiger partial charge in [-0.3, -0.25) is 14.9 Å². The summed E-state index contributed by atoms with van der Waals surface area (Å²) in [5.74, 6) is -0.635. The number of nitro groups is 1. The summed E-state index contributed by atoms with van der Waals surface area (Å²) in [6.07, 6.45) is 2.77. The Balaban J connectivity index is 1.77. The zero-order valence-electron chi connectivity index (χ0n) is 18.3. The average molecular weight is 503 g/mol. The number of hydrogen-bond acceptors (Lipinski definition) is 8. The van der Waals surface area contributed by atoms with Crippen molar-refractivity contribution in [3.63, 3.8) is 0 Å². The number of nitro benzene ring substituents is 1. The van der Waals surface area contributed by atoms with E-state index >= 15 is 0 Å². The van der Waals surface area contributed by atoms with Crippen molar-refractivity contribution in [1.82, 2.24) is 4.57 Å². The van der Waals surface area contributed by atoms with Crippen molar-refractivity contribution in [2.24, 2.45) is 4.99 Å². The number of benzene rings is 2. The van der Waals surface area contributed by atoms with Gasteiger partial charge in [0.05, 0.1) is 33.2 Å². The molecule has 1 amide bonds. The first kappa shape index (κ1) is 23.8. The molecule has 1 saturated heterocycles. The molecule has 0 unspecified atom stereocenters. The number of carbonyl (C=O) groups is 1. The highest BCUT2D eigenvalue weighted by Gasteiger charge is 2.23. The van der Waals surface area contributed by atoms with E-state index in [0.29, 0.717) is 53.6 Å². The van der Waals surface area contributed by atoms with E-state index in [1.807, 2.05) is 4.90 Å². The molecule has 2 aromatic carbocycles. The number of carbonyl (C=O) groups excluding carboxylic acids is 1. The molecule has 0 saturated carbocycles. The van der Waals surface area contributed by atoms with Crippen molar-refractivity contribution in [2.75, 3.05) is 37.5 Å². The van der Waals surface area contributed by atoms with E-state index in [-0.39, 0.29) is 16.1 Å². The first-order valence-corrected chi connectivity index (χ1v) is 13.0. The summed E-state index contributed by atoms with van der Waals surface area (Å²) in [7, 11) is -3.40. The van der Waals surface area contributed by atoms with Crippen molar-refractivity contribution in [3.8, 4) is 0 Å². The van der Waals surface area contributed by atoms with Gasteiger partial charge >= 0.3 is 0 Å². The van der Waals surface area contributed by atoms with Crippen molar-refractivity contribution in [3.05, 3.63) is 69.5 Å². The van der Waals surface area contributed by atoms with Crippen LogP contribution in [0.5, 0.6) is 0 Å². The maximum Gasteiger partial charge on any atom is 0.293 e. The van der Waals surface area contributed by atoms with E-state index in [2.05, 4.69) is 11.6 Å². The Morgan fingerprint density at radius 2 is 2.00 bits per heavy atom. The van der Waals surface area contributed by atoms with E-state index in [4.69, 9.17) is 4.74 Å². The Morgan fingerprint density at radius 3 is 2.65 bits per heavy atom. The number of sulfone groups is 1. The van der Waals surface area contributed by atoms with Crippen LogP contribution in [-0.2, 0) is 21.1 Å². The predicted molar refractivity (Wildman–Crippen MR) is 129 cm³/mol. The van der Waals surface area contributed by atoms with Gasteiger partial charge < -0.3 is 14.2 Å². The van der Waals surface area contributed by atoms with Gasteiger partial charge in [-0.05, 0) is 30.3 Å². The van der Waals surface area contributed by atoms with Gasteiger partial charge in [-0.1, -0.05) is 17.4 Å². The quantitative estimate of drug-likeness (QED) is 0.288. The van der Waals surface area contributed by atoms with Crippen LogP contribution in [0.3, 0.4) is 0 Å². The second-order valence-corrected chi connectivity index (χ2v) is 10.7. The third-order valence-electron chi connectivity index (χ3n) is 5.36. The molecule has 1 aliphatic rings. The Bertz CT molecular complexity index is 1470. The summed E-state index contributed by atoms with van der Waals surface area (Å²) < 4.78 is 31.5. The molecule has 10 nitrogen and oxygen atoms in total. The van der Waals surface area contributed by atoms with Crippen LogP contribution < -0.4 is 9.70 Å². The average Bonchev–Trinajstić information content (AvgIpc) is 3.15. The lowest BCUT2D eigenvalue weighted by Crippen LogP contribution is -2.36. The molecule has 34 heavy (non-hydrogen) atoms. The molecule has 0 atom stereocenters. The van der Waals surface area contributed by atoms with Crippen LogP contribution in [0, 0.1) is 10.1 Å². The maximum absolute atomic E-state index is 13.0. The molecule has 1 aliphatic heterocycles. The van der Waals surface area contributed by atoms with Crippen LogP contribution in [0.15, 0.2) is 58.9 Å². The van der Waals surface area contributed by atoms with Crippen molar-refractivity contribution in [2.45, 2.75) is 11.4 Å².